The Kier molecular flexibility index (Phi) is 5.56. The van der Waals surface area contributed by atoms with Gasteiger partial charge in [-0.2, -0.15) is 0 Å². The van der Waals surface area contributed by atoms with Crippen LogP contribution in [0.5, 0.6) is 0 Å². The second kappa shape index (κ2) is 6.53. The SMILES string of the molecule is C=C(C)CCC(C(=C)C)S(=O)(=O)c1ccc(Br)cc1. The molecule has 1 unspecified atom stereocenters. The molecule has 0 aromatic heterocycles. The quantitative estimate of drug-likeness (QED) is 0.712. The molecule has 0 fully saturated rings. The zero-order chi connectivity index (χ0) is 14.6. The van der Waals surface area contributed by atoms with E-state index in [1.165, 1.54) is 0 Å². The summed E-state index contributed by atoms with van der Waals surface area (Å²) < 4.78 is 26.0. The minimum atomic E-state index is -3.37. The zero-order valence-corrected chi connectivity index (χ0v) is 13.7. The van der Waals surface area contributed by atoms with Crippen molar-refractivity contribution in [1.29, 1.82) is 0 Å². The van der Waals surface area contributed by atoms with Crippen molar-refractivity contribution in [2.24, 2.45) is 0 Å². The molecule has 2 nitrogen and oxygen atoms in total. The summed E-state index contributed by atoms with van der Waals surface area (Å²) >= 11 is 3.30. The van der Waals surface area contributed by atoms with E-state index in [-0.39, 0.29) is 0 Å². The average molecular weight is 343 g/mol. The van der Waals surface area contributed by atoms with Gasteiger partial charge < -0.3 is 0 Å². The van der Waals surface area contributed by atoms with Crippen molar-refractivity contribution in [1.82, 2.24) is 0 Å². The normalized spacial score (nSPS) is 13.0. The van der Waals surface area contributed by atoms with Gasteiger partial charge >= 0.3 is 0 Å². The molecule has 1 aromatic carbocycles. The van der Waals surface area contributed by atoms with Gasteiger partial charge in [-0.3, -0.25) is 0 Å². The largest absolute Gasteiger partial charge is 0.223 e. The van der Waals surface area contributed by atoms with E-state index >= 15 is 0 Å². The van der Waals surface area contributed by atoms with Crippen molar-refractivity contribution in [3.05, 3.63) is 53.0 Å². The standard InChI is InChI=1S/C15H19BrO2S/c1-11(2)5-10-15(12(3)4)19(17,18)14-8-6-13(16)7-9-14/h6-9,15H,1,3,5,10H2,2,4H3. The molecule has 0 aliphatic heterocycles. The van der Waals surface area contributed by atoms with Crippen LogP contribution in [-0.2, 0) is 9.84 Å². The minimum absolute atomic E-state index is 0.338. The van der Waals surface area contributed by atoms with Gasteiger partial charge in [-0.25, -0.2) is 8.42 Å². The van der Waals surface area contributed by atoms with Gasteiger partial charge in [-0.1, -0.05) is 33.7 Å². The summed E-state index contributed by atoms with van der Waals surface area (Å²) in [6.45, 7) is 11.3. The number of benzene rings is 1. The predicted octanol–water partition coefficient (Wildman–Crippen LogP) is 4.52. The Labute approximate surface area is 124 Å². The van der Waals surface area contributed by atoms with E-state index in [0.29, 0.717) is 23.3 Å². The second-order valence-corrected chi connectivity index (χ2v) is 7.88. The second-order valence-electron chi connectivity index (χ2n) is 4.83. The summed E-state index contributed by atoms with van der Waals surface area (Å²) in [5.41, 5.74) is 1.65. The van der Waals surface area contributed by atoms with Crippen LogP contribution in [0.25, 0.3) is 0 Å². The lowest BCUT2D eigenvalue weighted by Crippen LogP contribution is -2.22. The van der Waals surface area contributed by atoms with E-state index in [9.17, 15) is 8.42 Å². The Bertz CT molecular complexity index is 571. The number of halogens is 1. The highest BCUT2D eigenvalue weighted by Crippen LogP contribution is 2.26. The van der Waals surface area contributed by atoms with Crippen molar-refractivity contribution in [3.63, 3.8) is 0 Å². The highest BCUT2D eigenvalue weighted by molar-refractivity contribution is 9.10. The maximum Gasteiger partial charge on any atom is 0.185 e. The summed E-state index contributed by atoms with van der Waals surface area (Å²) in [6.07, 6.45) is 1.22. The molecule has 0 N–H and O–H groups in total. The van der Waals surface area contributed by atoms with Gasteiger partial charge in [0.05, 0.1) is 10.1 Å². The van der Waals surface area contributed by atoms with Crippen LogP contribution in [0, 0.1) is 0 Å². The van der Waals surface area contributed by atoms with E-state index in [1.807, 2.05) is 6.92 Å². The number of hydrogen-bond donors (Lipinski definition) is 0. The molecule has 0 amide bonds. The van der Waals surface area contributed by atoms with Crippen LogP contribution in [0.1, 0.15) is 26.7 Å². The molecule has 0 bridgehead atoms. The fourth-order valence-electron chi connectivity index (χ4n) is 1.83. The molecule has 0 saturated carbocycles. The van der Waals surface area contributed by atoms with Crippen LogP contribution in [0.4, 0.5) is 0 Å². The summed E-state index contributed by atoms with van der Waals surface area (Å²) in [5, 5.41) is -0.551. The topological polar surface area (TPSA) is 34.1 Å². The molecule has 0 heterocycles. The first kappa shape index (κ1) is 16.2. The Balaban J connectivity index is 3.09. The average Bonchev–Trinajstić information content (AvgIpc) is 2.28. The third kappa shape index (κ3) is 4.32. The van der Waals surface area contributed by atoms with E-state index in [4.69, 9.17) is 0 Å². The van der Waals surface area contributed by atoms with Crippen LogP contribution in [-0.4, -0.2) is 13.7 Å². The first-order chi connectivity index (χ1) is 8.75. The van der Waals surface area contributed by atoms with Crippen molar-refractivity contribution < 1.29 is 8.42 Å². The van der Waals surface area contributed by atoms with Gasteiger partial charge in [-0.05, 0) is 51.0 Å². The molecule has 0 aliphatic rings. The molecule has 1 atom stereocenters. The third-order valence-electron chi connectivity index (χ3n) is 2.90. The van der Waals surface area contributed by atoms with Crippen LogP contribution in [0.15, 0.2) is 57.9 Å². The molecule has 4 heteroatoms. The molecule has 0 spiro atoms. The number of allylic oxidation sites excluding steroid dienone is 1. The number of rotatable bonds is 6. The van der Waals surface area contributed by atoms with Crippen molar-refractivity contribution in [3.8, 4) is 0 Å². The summed E-state index contributed by atoms with van der Waals surface area (Å²) in [5.74, 6) is 0. The third-order valence-corrected chi connectivity index (χ3v) is 5.74. The van der Waals surface area contributed by atoms with Crippen LogP contribution < -0.4 is 0 Å². The van der Waals surface area contributed by atoms with Gasteiger partial charge in [-0.15, -0.1) is 6.58 Å². The summed E-state index contributed by atoms with van der Waals surface area (Å²) in [6, 6.07) is 6.72. The molecule has 104 valence electrons. The van der Waals surface area contributed by atoms with Crippen LogP contribution >= 0.6 is 15.9 Å². The lowest BCUT2D eigenvalue weighted by molar-refractivity contribution is 0.580. The Morgan fingerprint density at radius 2 is 1.74 bits per heavy atom. The van der Waals surface area contributed by atoms with Crippen LogP contribution in [0.2, 0.25) is 0 Å². The smallest absolute Gasteiger partial charge is 0.185 e. The molecule has 19 heavy (non-hydrogen) atoms. The number of sulfone groups is 1. The van der Waals surface area contributed by atoms with Crippen molar-refractivity contribution in [2.75, 3.05) is 0 Å². The van der Waals surface area contributed by atoms with Crippen molar-refractivity contribution in [2.45, 2.75) is 36.8 Å². The molecule has 0 radical (unpaired) electrons. The maximum absolute atomic E-state index is 12.6. The first-order valence-electron chi connectivity index (χ1n) is 6.04. The van der Waals surface area contributed by atoms with Gasteiger partial charge in [0.1, 0.15) is 0 Å². The monoisotopic (exact) mass is 342 g/mol. The first-order valence-corrected chi connectivity index (χ1v) is 8.38. The molecule has 0 aliphatic carbocycles. The van der Waals surface area contributed by atoms with E-state index in [2.05, 4.69) is 29.1 Å². The van der Waals surface area contributed by atoms with Gasteiger partial charge in [0.15, 0.2) is 9.84 Å². The zero-order valence-electron chi connectivity index (χ0n) is 11.3. The Morgan fingerprint density at radius 3 is 2.16 bits per heavy atom. The molecular weight excluding hydrogens is 324 g/mol. The Hall–Kier alpha value is -0.870. The predicted molar refractivity (Wildman–Crippen MR) is 84.0 cm³/mol. The van der Waals surface area contributed by atoms with E-state index < -0.39 is 15.1 Å². The minimum Gasteiger partial charge on any atom is -0.223 e. The van der Waals surface area contributed by atoms with Gasteiger partial charge in [0.25, 0.3) is 0 Å². The molecule has 1 rings (SSSR count). The summed E-state index contributed by atoms with van der Waals surface area (Å²) in [4.78, 5) is 0.338. The lowest BCUT2D eigenvalue weighted by atomic mass is 10.1. The molecular formula is C15H19BrO2S. The number of hydrogen-bond acceptors (Lipinski definition) is 2. The van der Waals surface area contributed by atoms with Gasteiger partial charge in [0, 0.05) is 4.47 Å². The van der Waals surface area contributed by atoms with E-state index in [0.717, 1.165) is 10.0 Å². The fraction of sp³-hybridized carbons (Fsp3) is 0.333. The highest BCUT2D eigenvalue weighted by atomic mass is 79.9. The fourth-order valence-corrected chi connectivity index (χ4v) is 3.90. The lowest BCUT2D eigenvalue weighted by Gasteiger charge is -2.18. The van der Waals surface area contributed by atoms with E-state index in [1.54, 1.807) is 31.2 Å². The Morgan fingerprint density at radius 1 is 1.21 bits per heavy atom. The molecule has 1 aromatic rings. The van der Waals surface area contributed by atoms with Crippen LogP contribution in [0.3, 0.4) is 0 Å². The van der Waals surface area contributed by atoms with Gasteiger partial charge in [0.2, 0.25) is 0 Å². The maximum atomic E-state index is 12.6. The molecule has 0 saturated heterocycles. The highest BCUT2D eigenvalue weighted by Gasteiger charge is 2.27. The summed E-state index contributed by atoms with van der Waals surface area (Å²) in [7, 11) is -3.37. The van der Waals surface area contributed by atoms with Crippen molar-refractivity contribution >= 4 is 25.8 Å².